The predicted molar refractivity (Wildman–Crippen MR) is 120 cm³/mol. The van der Waals surface area contributed by atoms with Gasteiger partial charge in [-0.2, -0.15) is 9.97 Å². The maximum absolute atomic E-state index is 5.63. The first kappa shape index (κ1) is 20.5. The van der Waals surface area contributed by atoms with Gasteiger partial charge in [0.05, 0.1) is 7.11 Å². The Hall–Kier alpha value is -2.81. The molecule has 2 aliphatic heterocycles. The Morgan fingerprint density at radius 3 is 2.83 bits per heavy atom. The standard InChI is InChI=1S/C21H27N5O3S/c1-14-5-3-4-8-26(14)18-12-19(27-2)24-20(23-18)25-21(30)22-13-15-6-7-16-17(11-15)29-10-9-28-16/h6-7,11-12,14H,3-5,8-10,13H2,1-2H3,(H2,22,23,24,25,30)/t14-/m1/s1. The summed E-state index contributed by atoms with van der Waals surface area (Å²) in [4.78, 5) is 11.4. The molecule has 0 amide bonds. The zero-order chi connectivity index (χ0) is 20.9. The van der Waals surface area contributed by atoms with Gasteiger partial charge in [-0.3, -0.25) is 0 Å². The number of aromatic nitrogens is 2. The number of thiocarbonyl (C=S) groups is 1. The van der Waals surface area contributed by atoms with Crippen LogP contribution in [0.2, 0.25) is 0 Å². The van der Waals surface area contributed by atoms with Gasteiger partial charge in [0.1, 0.15) is 19.0 Å². The van der Waals surface area contributed by atoms with E-state index in [1.54, 1.807) is 7.11 Å². The average molecular weight is 430 g/mol. The molecule has 0 unspecified atom stereocenters. The Balaban J connectivity index is 1.40. The number of hydrogen-bond acceptors (Lipinski definition) is 7. The number of methoxy groups -OCH3 is 1. The average Bonchev–Trinajstić information content (AvgIpc) is 2.77. The van der Waals surface area contributed by atoms with Crippen LogP contribution < -0.4 is 29.7 Å². The largest absolute Gasteiger partial charge is 0.486 e. The van der Waals surface area contributed by atoms with Crippen molar-refractivity contribution in [3.05, 3.63) is 29.8 Å². The summed E-state index contributed by atoms with van der Waals surface area (Å²) in [5, 5.41) is 6.71. The van der Waals surface area contributed by atoms with Crippen LogP contribution >= 0.6 is 12.2 Å². The molecular weight excluding hydrogens is 402 g/mol. The first-order valence-corrected chi connectivity index (χ1v) is 10.7. The summed E-state index contributed by atoms with van der Waals surface area (Å²) in [6.07, 6.45) is 3.57. The van der Waals surface area contributed by atoms with Crippen LogP contribution in [0.1, 0.15) is 31.7 Å². The predicted octanol–water partition coefficient (Wildman–Crippen LogP) is 3.12. The molecule has 9 heteroatoms. The molecule has 4 rings (SSSR count). The van der Waals surface area contributed by atoms with Gasteiger partial charge in [0.25, 0.3) is 0 Å². The zero-order valence-electron chi connectivity index (χ0n) is 17.3. The fourth-order valence-corrected chi connectivity index (χ4v) is 3.85. The van der Waals surface area contributed by atoms with Crippen molar-refractivity contribution in [1.29, 1.82) is 0 Å². The molecule has 0 bridgehead atoms. The molecule has 0 saturated carbocycles. The van der Waals surface area contributed by atoms with E-state index < -0.39 is 0 Å². The van der Waals surface area contributed by atoms with Crippen LogP contribution in [0.5, 0.6) is 17.4 Å². The van der Waals surface area contributed by atoms with E-state index in [2.05, 4.69) is 32.4 Å². The van der Waals surface area contributed by atoms with Crippen LogP contribution in [-0.4, -0.2) is 48.0 Å². The fraction of sp³-hybridized carbons (Fsp3) is 0.476. The van der Waals surface area contributed by atoms with Crippen LogP contribution in [0, 0.1) is 0 Å². The van der Waals surface area contributed by atoms with E-state index in [9.17, 15) is 0 Å². The topological polar surface area (TPSA) is 80.8 Å². The number of ether oxygens (including phenoxy) is 3. The van der Waals surface area contributed by atoms with Gasteiger partial charge in [-0.1, -0.05) is 6.07 Å². The molecule has 1 fully saturated rings. The van der Waals surface area contributed by atoms with Crippen molar-refractivity contribution in [2.45, 2.75) is 38.8 Å². The monoisotopic (exact) mass is 429 g/mol. The van der Waals surface area contributed by atoms with Gasteiger partial charge in [-0.15, -0.1) is 0 Å². The van der Waals surface area contributed by atoms with Crippen LogP contribution in [0.15, 0.2) is 24.3 Å². The van der Waals surface area contributed by atoms with Crippen LogP contribution in [0.3, 0.4) is 0 Å². The summed E-state index contributed by atoms with van der Waals surface area (Å²) >= 11 is 5.45. The SMILES string of the molecule is COc1cc(N2CCCC[C@H]2C)nc(NC(=S)NCc2ccc3c(c2)OCCO3)n1. The summed E-state index contributed by atoms with van der Waals surface area (Å²) in [6, 6.07) is 8.17. The van der Waals surface area contributed by atoms with E-state index in [0.29, 0.717) is 42.7 Å². The highest BCUT2D eigenvalue weighted by Crippen LogP contribution is 2.30. The molecule has 0 radical (unpaired) electrons. The molecule has 0 spiro atoms. The van der Waals surface area contributed by atoms with Gasteiger partial charge in [0.2, 0.25) is 11.8 Å². The van der Waals surface area contributed by atoms with E-state index in [1.165, 1.54) is 6.42 Å². The number of hydrogen-bond donors (Lipinski definition) is 2. The number of anilines is 2. The summed E-state index contributed by atoms with van der Waals surface area (Å²) in [6.45, 7) is 4.89. The third kappa shape index (κ3) is 4.84. The maximum atomic E-state index is 5.63. The number of nitrogens with zero attached hydrogens (tertiary/aromatic N) is 3. The second kappa shape index (κ2) is 9.34. The zero-order valence-corrected chi connectivity index (χ0v) is 18.1. The third-order valence-electron chi connectivity index (χ3n) is 5.28. The van der Waals surface area contributed by atoms with E-state index in [-0.39, 0.29) is 0 Å². The van der Waals surface area contributed by atoms with Gasteiger partial charge in [0.15, 0.2) is 16.6 Å². The molecule has 2 aliphatic rings. The quantitative estimate of drug-likeness (QED) is 0.697. The Morgan fingerprint density at radius 2 is 2.03 bits per heavy atom. The Kier molecular flexibility index (Phi) is 6.37. The second-order valence-electron chi connectivity index (χ2n) is 7.42. The van der Waals surface area contributed by atoms with Crippen molar-refractivity contribution in [1.82, 2.24) is 15.3 Å². The number of benzene rings is 1. The summed E-state index contributed by atoms with van der Waals surface area (Å²) in [5.74, 6) is 3.31. The second-order valence-corrected chi connectivity index (χ2v) is 7.82. The van der Waals surface area contributed by atoms with Crippen molar-refractivity contribution in [2.75, 3.05) is 37.1 Å². The highest BCUT2D eigenvalue weighted by Gasteiger charge is 2.21. The number of nitrogens with one attached hydrogen (secondary N) is 2. The molecule has 8 nitrogen and oxygen atoms in total. The van der Waals surface area contributed by atoms with Gasteiger partial charge >= 0.3 is 0 Å². The Morgan fingerprint density at radius 1 is 1.20 bits per heavy atom. The smallest absolute Gasteiger partial charge is 0.234 e. The van der Waals surface area contributed by atoms with Crippen LogP contribution in [-0.2, 0) is 6.54 Å². The van der Waals surface area contributed by atoms with Crippen molar-refractivity contribution >= 4 is 29.1 Å². The minimum atomic E-state index is 0.418. The van der Waals surface area contributed by atoms with Crippen molar-refractivity contribution in [3.8, 4) is 17.4 Å². The van der Waals surface area contributed by atoms with Crippen molar-refractivity contribution < 1.29 is 14.2 Å². The van der Waals surface area contributed by atoms with E-state index in [4.69, 9.17) is 26.4 Å². The lowest BCUT2D eigenvalue weighted by atomic mass is 10.0. The molecule has 1 aromatic carbocycles. The first-order valence-electron chi connectivity index (χ1n) is 10.3. The lowest BCUT2D eigenvalue weighted by molar-refractivity contribution is 0.171. The third-order valence-corrected chi connectivity index (χ3v) is 5.53. The number of piperidine rings is 1. The van der Waals surface area contributed by atoms with E-state index in [0.717, 1.165) is 42.3 Å². The highest BCUT2D eigenvalue weighted by atomic mass is 32.1. The number of fused-ring (bicyclic) bond motifs is 1. The van der Waals surface area contributed by atoms with Gasteiger partial charge in [-0.25, -0.2) is 0 Å². The molecular formula is C21H27N5O3S. The van der Waals surface area contributed by atoms with Crippen LogP contribution in [0.4, 0.5) is 11.8 Å². The van der Waals surface area contributed by atoms with E-state index in [1.807, 2.05) is 24.3 Å². The first-order chi connectivity index (χ1) is 14.6. The maximum Gasteiger partial charge on any atom is 0.234 e. The van der Waals surface area contributed by atoms with Crippen LogP contribution in [0.25, 0.3) is 0 Å². The molecule has 2 N–H and O–H groups in total. The minimum absolute atomic E-state index is 0.418. The van der Waals surface area contributed by atoms with Gasteiger partial charge < -0.3 is 29.7 Å². The van der Waals surface area contributed by atoms with Crippen molar-refractivity contribution in [3.63, 3.8) is 0 Å². The summed E-state index contributed by atoms with van der Waals surface area (Å²) in [5.41, 5.74) is 1.04. The summed E-state index contributed by atoms with van der Waals surface area (Å²) < 4.78 is 16.6. The van der Waals surface area contributed by atoms with Crippen molar-refractivity contribution in [2.24, 2.45) is 0 Å². The molecule has 2 aromatic rings. The van der Waals surface area contributed by atoms with E-state index >= 15 is 0 Å². The Bertz CT molecular complexity index is 910. The lowest BCUT2D eigenvalue weighted by Crippen LogP contribution is -2.38. The molecule has 160 valence electrons. The Labute approximate surface area is 181 Å². The molecule has 30 heavy (non-hydrogen) atoms. The minimum Gasteiger partial charge on any atom is -0.486 e. The number of rotatable bonds is 5. The normalized spacial score (nSPS) is 17.9. The molecule has 0 aliphatic carbocycles. The lowest BCUT2D eigenvalue weighted by Gasteiger charge is -2.34. The van der Waals surface area contributed by atoms with Gasteiger partial charge in [0, 0.05) is 25.2 Å². The fourth-order valence-electron chi connectivity index (χ4n) is 3.68. The molecule has 1 atom stereocenters. The summed E-state index contributed by atoms with van der Waals surface area (Å²) in [7, 11) is 1.61. The molecule has 3 heterocycles. The highest BCUT2D eigenvalue weighted by molar-refractivity contribution is 7.80. The molecule has 1 aromatic heterocycles. The van der Waals surface area contributed by atoms with Gasteiger partial charge in [-0.05, 0) is 56.1 Å². The molecule has 1 saturated heterocycles.